The Bertz CT molecular complexity index is 888. The molecule has 2 rings (SSSR count). The van der Waals surface area contributed by atoms with Gasteiger partial charge in [0, 0.05) is 24.8 Å². The van der Waals surface area contributed by atoms with E-state index in [1.165, 1.54) is 38.4 Å². The van der Waals surface area contributed by atoms with Crippen LogP contribution in [-0.4, -0.2) is 39.3 Å². The molecule has 0 saturated heterocycles. The number of carbonyl (C=O) groups is 1. The minimum Gasteiger partial charge on any atom is -0.376 e. The van der Waals surface area contributed by atoms with Gasteiger partial charge in [0.1, 0.15) is 5.82 Å². The summed E-state index contributed by atoms with van der Waals surface area (Å²) in [6.45, 7) is -0.159. The number of halogens is 2. The number of rotatable bonds is 6. The number of nitrogens with zero attached hydrogens (tertiary/aromatic N) is 1. The fraction of sp³-hybridized carbons (Fsp3) is 0.188. The second kappa shape index (κ2) is 7.81. The zero-order valence-electron chi connectivity index (χ0n) is 13.6. The van der Waals surface area contributed by atoms with Crippen molar-refractivity contribution in [2.24, 2.45) is 0 Å². The first kappa shape index (κ1) is 19.2. The van der Waals surface area contributed by atoms with Gasteiger partial charge in [-0.25, -0.2) is 17.1 Å². The van der Waals surface area contributed by atoms with Crippen molar-refractivity contribution in [2.45, 2.75) is 4.90 Å². The Morgan fingerprint density at radius 2 is 1.92 bits per heavy atom. The van der Waals surface area contributed by atoms with E-state index in [9.17, 15) is 17.6 Å². The topological polar surface area (TPSA) is 78.5 Å². The molecule has 0 atom stereocenters. The quantitative estimate of drug-likeness (QED) is 0.801. The van der Waals surface area contributed by atoms with Crippen LogP contribution in [-0.2, 0) is 14.8 Å². The number of nitrogens with one attached hydrogen (secondary N) is 2. The Morgan fingerprint density at radius 1 is 1.20 bits per heavy atom. The third kappa shape index (κ3) is 4.91. The molecule has 25 heavy (non-hydrogen) atoms. The maximum Gasteiger partial charge on any atom is 0.243 e. The molecule has 1 amide bonds. The summed E-state index contributed by atoms with van der Waals surface area (Å²) >= 11 is 5.65. The molecular weight excluding hydrogens is 369 g/mol. The molecule has 0 aliphatic rings. The highest BCUT2D eigenvalue weighted by atomic mass is 35.5. The first-order chi connectivity index (χ1) is 11.7. The second-order valence-electron chi connectivity index (χ2n) is 5.34. The third-order valence-corrected chi connectivity index (χ3v) is 5.32. The Balaban J connectivity index is 2.03. The van der Waals surface area contributed by atoms with Crippen LogP contribution >= 0.6 is 11.6 Å². The van der Waals surface area contributed by atoms with Gasteiger partial charge in [-0.2, -0.15) is 0 Å². The lowest BCUT2D eigenvalue weighted by Gasteiger charge is -2.13. The van der Waals surface area contributed by atoms with E-state index in [1.807, 2.05) is 0 Å². The summed E-state index contributed by atoms with van der Waals surface area (Å²) in [5.41, 5.74) is 0.467. The standard InChI is InChI=1S/C16H17ClFN3O3S/c1-21(2)25(23,24)13-5-3-4-12(9-13)19-10-16(22)20-15-7-6-11(17)8-14(15)18/h3-9,19H,10H2,1-2H3,(H,20,22). The van der Waals surface area contributed by atoms with Crippen molar-refractivity contribution >= 4 is 38.9 Å². The van der Waals surface area contributed by atoms with Gasteiger partial charge in [0.05, 0.1) is 17.1 Å². The molecule has 2 aromatic rings. The number of hydrogen-bond acceptors (Lipinski definition) is 4. The molecule has 0 aliphatic carbocycles. The van der Waals surface area contributed by atoms with Crippen LogP contribution in [0.15, 0.2) is 47.4 Å². The molecule has 0 radical (unpaired) electrons. The normalized spacial score (nSPS) is 11.4. The van der Waals surface area contributed by atoms with Crippen LogP contribution in [0.2, 0.25) is 5.02 Å². The van der Waals surface area contributed by atoms with E-state index in [2.05, 4.69) is 10.6 Å². The van der Waals surface area contributed by atoms with Crippen molar-refractivity contribution in [1.82, 2.24) is 4.31 Å². The van der Waals surface area contributed by atoms with Crippen LogP contribution in [0.4, 0.5) is 15.8 Å². The molecule has 0 aromatic heterocycles. The second-order valence-corrected chi connectivity index (χ2v) is 7.93. The van der Waals surface area contributed by atoms with E-state index in [-0.39, 0.29) is 22.2 Å². The molecule has 0 spiro atoms. The molecule has 6 nitrogen and oxygen atoms in total. The van der Waals surface area contributed by atoms with Gasteiger partial charge in [-0.15, -0.1) is 0 Å². The monoisotopic (exact) mass is 385 g/mol. The highest BCUT2D eigenvalue weighted by Gasteiger charge is 2.17. The molecule has 0 unspecified atom stereocenters. The fourth-order valence-electron chi connectivity index (χ4n) is 1.94. The summed E-state index contributed by atoms with van der Waals surface area (Å²) < 4.78 is 38.9. The minimum atomic E-state index is -3.57. The van der Waals surface area contributed by atoms with Gasteiger partial charge >= 0.3 is 0 Å². The molecule has 0 bridgehead atoms. The van der Waals surface area contributed by atoms with E-state index < -0.39 is 21.7 Å². The molecule has 134 valence electrons. The lowest BCUT2D eigenvalue weighted by Crippen LogP contribution is -2.23. The molecular formula is C16H17ClFN3O3S. The van der Waals surface area contributed by atoms with Gasteiger partial charge in [0.2, 0.25) is 15.9 Å². The molecule has 2 N–H and O–H groups in total. The largest absolute Gasteiger partial charge is 0.376 e. The van der Waals surface area contributed by atoms with Crippen molar-refractivity contribution in [3.63, 3.8) is 0 Å². The van der Waals surface area contributed by atoms with E-state index in [0.717, 1.165) is 10.4 Å². The van der Waals surface area contributed by atoms with Gasteiger partial charge in [-0.1, -0.05) is 17.7 Å². The zero-order valence-corrected chi connectivity index (χ0v) is 15.2. The molecule has 0 saturated carbocycles. The molecule has 0 fully saturated rings. The summed E-state index contributed by atoms with van der Waals surface area (Å²) in [4.78, 5) is 12.0. The number of sulfonamides is 1. The van der Waals surface area contributed by atoms with Crippen molar-refractivity contribution in [2.75, 3.05) is 31.3 Å². The Labute approximate surface area is 150 Å². The number of benzene rings is 2. The lowest BCUT2D eigenvalue weighted by atomic mass is 10.3. The van der Waals surface area contributed by atoms with E-state index in [4.69, 9.17) is 11.6 Å². The van der Waals surface area contributed by atoms with E-state index >= 15 is 0 Å². The zero-order chi connectivity index (χ0) is 18.6. The molecule has 9 heteroatoms. The fourth-order valence-corrected chi connectivity index (χ4v) is 3.05. The Kier molecular flexibility index (Phi) is 5.99. The average molecular weight is 386 g/mol. The smallest absolute Gasteiger partial charge is 0.243 e. The van der Waals surface area contributed by atoms with Crippen molar-refractivity contribution < 1.29 is 17.6 Å². The SMILES string of the molecule is CN(C)S(=O)(=O)c1cccc(NCC(=O)Nc2ccc(Cl)cc2F)c1. The van der Waals surface area contributed by atoms with Gasteiger partial charge in [0.15, 0.2) is 0 Å². The minimum absolute atomic E-state index is 0.0140. The first-order valence-electron chi connectivity index (χ1n) is 7.21. The Morgan fingerprint density at radius 3 is 2.56 bits per heavy atom. The van der Waals surface area contributed by atoms with Gasteiger partial charge < -0.3 is 10.6 Å². The predicted octanol–water partition coefficient (Wildman–Crippen LogP) is 2.78. The predicted molar refractivity (Wildman–Crippen MR) is 95.8 cm³/mol. The maximum atomic E-state index is 13.6. The van der Waals surface area contributed by atoms with Crippen LogP contribution in [0.1, 0.15) is 0 Å². The Hall–Kier alpha value is -2.16. The number of carbonyl (C=O) groups excluding carboxylic acids is 1. The van der Waals surface area contributed by atoms with Crippen LogP contribution in [0.5, 0.6) is 0 Å². The van der Waals surface area contributed by atoms with Gasteiger partial charge in [-0.3, -0.25) is 4.79 Å². The maximum absolute atomic E-state index is 13.6. The van der Waals surface area contributed by atoms with E-state index in [1.54, 1.807) is 12.1 Å². The summed E-state index contributed by atoms with van der Waals surface area (Å²) in [7, 11) is -0.697. The lowest BCUT2D eigenvalue weighted by molar-refractivity contribution is -0.114. The summed E-state index contributed by atoms with van der Waals surface area (Å²) in [5, 5.41) is 5.44. The third-order valence-electron chi connectivity index (χ3n) is 3.27. The van der Waals surface area contributed by atoms with Gasteiger partial charge in [-0.05, 0) is 36.4 Å². The van der Waals surface area contributed by atoms with Crippen LogP contribution in [0, 0.1) is 5.82 Å². The van der Waals surface area contributed by atoms with Crippen molar-refractivity contribution in [3.05, 3.63) is 53.3 Å². The molecule has 0 heterocycles. The molecule has 2 aromatic carbocycles. The number of hydrogen-bond donors (Lipinski definition) is 2. The van der Waals surface area contributed by atoms with Crippen LogP contribution in [0.25, 0.3) is 0 Å². The van der Waals surface area contributed by atoms with Crippen molar-refractivity contribution in [1.29, 1.82) is 0 Å². The highest BCUT2D eigenvalue weighted by molar-refractivity contribution is 7.89. The highest BCUT2D eigenvalue weighted by Crippen LogP contribution is 2.19. The van der Waals surface area contributed by atoms with Crippen LogP contribution in [0.3, 0.4) is 0 Å². The first-order valence-corrected chi connectivity index (χ1v) is 9.03. The van der Waals surface area contributed by atoms with Crippen LogP contribution < -0.4 is 10.6 Å². The number of anilines is 2. The number of amides is 1. The summed E-state index contributed by atoms with van der Waals surface area (Å²) in [6.07, 6.45) is 0. The van der Waals surface area contributed by atoms with Crippen molar-refractivity contribution in [3.8, 4) is 0 Å². The summed E-state index contributed by atoms with van der Waals surface area (Å²) in [5.74, 6) is -1.12. The molecule has 0 aliphatic heterocycles. The van der Waals surface area contributed by atoms with E-state index in [0.29, 0.717) is 5.69 Å². The summed E-state index contributed by atoms with van der Waals surface area (Å²) in [6, 6.07) is 10.00. The van der Waals surface area contributed by atoms with Gasteiger partial charge in [0.25, 0.3) is 0 Å². The average Bonchev–Trinajstić information content (AvgIpc) is 2.55.